The number of quaternary nitrogens is 1. The Bertz CT molecular complexity index is 300. The summed E-state index contributed by atoms with van der Waals surface area (Å²) >= 11 is 5.08. The summed E-state index contributed by atoms with van der Waals surface area (Å²) < 4.78 is 1.12. The number of carbonyl (C=O) groups excluding carboxylic acids is 1. The molecule has 3 N–H and O–H groups in total. The molecule has 0 aliphatic rings. The van der Waals surface area contributed by atoms with E-state index in [1.807, 2.05) is 13.1 Å². The van der Waals surface area contributed by atoms with Gasteiger partial charge in [-0.05, 0) is 28.1 Å². The molecule has 0 aliphatic heterocycles. The molecule has 3 nitrogen and oxygen atoms in total. The Labute approximate surface area is 89.7 Å². The van der Waals surface area contributed by atoms with Crippen molar-refractivity contribution in [2.45, 2.75) is 6.54 Å². The Kier molecular flexibility index (Phi) is 3.90. The molecule has 0 saturated heterocycles. The number of nitrogens with two attached hydrogens (primary N) is 1. The molecule has 1 atom stereocenters. The van der Waals surface area contributed by atoms with Crippen molar-refractivity contribution in [1.82, 2.24) is 0 Å². The van der Waals surface area contributed by atoms with Gasteiger partial charge < -0.3 is 10.6 Å². The average Bonchev–Trinajstić information content (AvgIpc) is 2.33. The highest BCUT2D eigenvalue weighted by molar-refractivity contribution is 9.11. The molecule has 0 saturated carbocycles. The summed E-state index contributed by atoms with van der Waals surface area (Å²) in [6.45, 7) is 1.23. The van der Waals surface area contributed by atoms with Gasteiger partial charge in [-0.1, -0.05) is 0 Å². The van der Waals surface area contributed by atoms with Crippen molar-refractivity contribution in [2.24, 2.45) is 5.73 Å². The van der Waals surface area contributed by atoms with Crippen LogP contribution in [0.1, 0.15) is 4.88 Å². The van der Waals surface area contributed by atoms with E-state index < -0.39 is 0 Å². The molecule has 0 bridgehead atoms. The van der Waals surface area contributed by atoms with Crippen molar-refractivity contribution in [3.63, 3.8) is 0 Å². The number of nitrogens with one attached hydrogen (secondary N) is 1. The Morgan fingerprint density at radius 2 is 2.38 bits per heavy atom. The van der Waals surface area contributed by atoms with Crippen molar-refractivity contribution < 1.29 is 9.69 Å². The Balaban J connectivity index is 2.44. The molecule has 0 radical (unpaired) electrons. The van der Waals surface area contributed by atoms with Gasteiger partial charge in [0.05, 0.1) is 15.7 Å². The van der Waals surface area contributed by atoms with Crippen LogP contribution in [-0.2, 0) is 11.3 Å². The lowest BCUT2D eigenvalue weighted by molar-refractivity contribution is -0.885. The van der Waals surface area contributed by atoms with Gasteiger partial charge >= 0.3 is 0 Å². The third-order valence-electron chi connectivity index (χ3n) is 1.58. The van der Waals surface area contributed by atoms with Gasteiger partial charge in [0.25, 0.3) is 5.91 Å². The normalized spacial score (nSPS) is 12.8. The number of halogens is 1. The smallest absolute Gasteiger partial charge is 0.272 e. The molecule has 13 heavy (non-hydrogen) atoms. The van der Waals surface area contributed by atoms with Gasteiger partial charge in [-0.2, -0.15) is 0 Å². The Hall–Kier alpha value is -0.390. The van der Waals surface area contributed by atoms with Crippen LogP contribution >= 0.6 is 27.3 Å². The maximum Gasteiger partial charge on any atom is 0.272 e. The minimum absolute atomic E-state index is 0.256. The van der Waals surface area contributed by atoms with Gasteiger partial charge in [0.15, 0.2) is 6.54 Å². The van der Waals surface area contributed by atoms with Crippen molar-refractivity contribution in [3.8, 4) is 0 Å². The Morgan fingerprint density at radius 3 is 2.85 bits per heavy atom. The van der Waals surface area contributed by atoms with Crippen LogP contribution in [0.2, 0.25) is 0 Å². The molecule has 0 aromatic carbocycles. The highest BCUT2D eigenvalue weighted by Crippen LogP contribution is 2.20. The molecule has 1 unspecified atom stereocenters. The van der Waals surface area contributed by atoms with Crippen molar-refractivity contribution in [1.29, 1.82) is 0 Å². The van der Waals surface area contributed by atoms with Gasteiger partial charge in [0, 0.05) is 0 Å². The van der Waals surface area contributed by atoms with Crippen molar-refractivity contribution in [3.05, 3.63) is 20.8 Å². The van der Waals surface area contributed by atoms with E-state index in [1.54, 1.807) is 11.3 Å². The fourth-order valence-electron chi connectivity index (χ4n) is 1.10. The number of carbonyl (C=O) groups is 1. The fraction of sp³-hybridized carbons (Fsp3) is 0.375. The molecule has 0 aliphatic carbocycles. The molecule has 5 heteroatoms. The predicted molar refractivity (Wildman–Crippen MR) is 56.7 cm³/mol. The van der Waals surface area contributed by atoms with Crippen LogP contribution in [0.4, 0.5) is 0 Å². The Morgan fingerprint density at radius 1 is 1.69 bits per heavy atom. The number of hydrogen-bond acceptors (Lipinski definition) is 2. The van der Waals surface area contributed by atoms with Crippen LogP contribution in [-0.4, -0.2) is 19.5 Å². The lowest BCUT2D eigenvalue weighted by atomic mass is 10.4. The van der Waals surface area contributed by atoms with Crippen molar-refractivity contribution in [2.75, 3.05) is 13.6 Å². The summed E-state index contributed by atoms with van der Waals surface area (Å²) in [5, 5.41) is 0. The minimum Gasteiger partial charge on any atom is -0.365 e. The molecule has 0 fully saturated rings. The van der Waals surface area contributed by atoms with Crippen LogP contribution in [0.25, 0.3) is 0 Å². The molecular formula is C8H12BrN2OS+. The number of hydrogen-bond donors (Lipinski definition) is 2. The van der Waals surface area contributed by atoms with E-state index in [-0.39, 0.29) is 5.91 Å². The predicted octanol–water partition coefficient (Wildman–Crippen LogP) is 0.0106. The van der Waals surface area contributed by atoms with Crippen LogP contribution in [0.3, 0.4) is 0 Å². The largest absolute Gasteiger partial charge is 0.365 e. The van der Waals surface area contributed by atoms with E-state index >= 15 is 0 Å². The molecule has 0 spiro atoms. The van der Waals surface area contributed by atoms with Crippen LogP contribution < -0.4 is 10.6 Å². The van der Waals surface area contributed by atoms with Crippen molar-refractivity contribution >= 4 is 33.2 Å². The van der Waals surface area contributed by atoms with E-state index in [2.05, 4.69) is 22.0 Å². The first-order valence-corrected chi connectivity index (χ1v) is 5.52. The lowest BCUT2D eigenvalue weighted by Gasteiger charge is -2.09. The zero-order chi connectivity index (χ0) is 9.84. The van der Waals surface area contributed by atoms with E-state index in [0.717, 1.165) is 15.2 Å². The van der Waals surface area contributed by atoms with Crippen LogP contribution in [0, 0.1) is 0 Å². The van der Waals surface area contributed by atoms with Gasteiger partial charge in [-0.3, -0.25) is 4.79 Å². The van der Waals surface area contributed by atoms with Gasteiger partial charge in [0.2, 0.25) is 0 Å². The summed E-state index contributed by atoms with van der Waals surface area (Å²) in [4.78, 5) is 13.0. The lowest BCUT2D eigenvalue weighted by Crippen LogP contribution is -3.08. The molecule has 1 aromatic heterocycles. The van der Waals surface area contributed by atoms with Crippen LogP contribution in [0.15, 0.2) is 15.9 Å². The third kappa shape index (κ3) is 3.89. The van der Waals surface area contributed by atoms with Gasteiger partial charge in [-0.15, -0.1) is 11.3 Å². The first-order valence-electron chi connectivity index (χ1n) is 3.91. The quantitative estimate of drug-likeness (QED) is 0.790. The topological polar surface area (TPSA) is 47.5 Å². The maximum atomic E-state index is 10.6. The van der Waals surface area contributed by atoms with E-state index in [1.165, 1.54) is 4.88 Å². The molecule has 1 heterocycles. The maximum absolute atomic E-state index is 10.6. The van der Waals surface area contributed by atoms with Gasteiger partial charge in [0.1, 0.15) is 6.54 Å². The number of amides is 1. The SMILES string of the molecule is C[NH+](CC(N)=O)Cc1ccc(Br)s1. The number of primary amides is 1. The number of rotatable bonds is 4. The van der Waals surface area contributed by atoms with E-state index in [0.29, 0.717) is 6.54 Å². The highest BCUT2D eigenvalue weighted by atomic mass is 79.9. The second kappa shape index (κ2) is 4.74. The fourth-order valence-corrected chi connectivity index (χ4v) is 2.70. The minimum atomic E-state index is -0.256. The summed E-state index contributed by atoms with van der Waals surface area (Å²) in [6, 6.07) is 4.07. The summed E-state index contributed by atoms with van der Waals surface area (Å²) in [7, 11) is 1.96. The molecular weight excluding hydrogens is 252 g/mol. The zero-order valence-electron chi connectivity index (χ0n) is 7.34. The van der Waals surface area contributed by atoms with E-state index in [4.69, 9.17) is 5.73 Å². The molecule has 1 amide bonds. The average molecular weight is 264 g/mol. The highest BCUT2D eigenvalue weighted by Gasteiger charge is 2.08. The van der Waals surface area contributed by atoms with Gasteiger partial charge in [-0.25, -0.2) is 0 Å². The molecule has 1 rings (SSSR count). The monoisotopic (exact) mass is 263 g/mol. The number of thiophene rings is 1. The second-order valence-corrected chi connectivity index (χ2v) is 5.53. The summed E-state index contributed by atoms with van der Waals surface area (Å²) in [6.07, 6.45) is 0. The molecule has 72 valence electrons. The summed E-state index contributed by atoms with van der Waals surface area (Å²) in [5.74, 6) is -0.256. The summed E-state index contributed by atoms with van der Waals surface area (Å²) in [5.41, 5.74) is 5.09. The first kappa shape index (κ1) is 10.7. The van der Waals surface area contributed by atoms with Crippen LogP contribution in [0.5, 0.6) is 0 Å². The second-order valence-electron chi connectivity index (χ2n) is 2.98. The molecule has 1 aromatic rings. The third-order valence-corrected chi connectivity index (χ3v) is 3.20. The number of likely N-dealkylation sites (N-methyl/N-ethyl adjacent to an activating group) is 1. The van der Waals surface area contributed by atoms with E-state index in [9.17, 15) is 4.79 Å². The first-order chi connectivity index (χ1) is 6.08. The zero-order valence-corrected chi connectivity index (χ0v) is 9.74. The standard InChI is InChI=1S/C8H11BrN2OS/c1-11(5-8(10)12)4-6-2-3-7(9)13-6/h2-3H,4-5H2,1H3,(H2,10,12)/p+1.